The lowest BCUT2D eigenvalue weighted by atomic mass is 9.86. The van der Waals surface area contributed by atoms with Gasteiger partial charge in [0.15, 0.2) is 0 Å². The lowest BCUT2D eigenvalue weighted by Crippen LogP contribution is -2.40. The molecule has 1 aromatic heterocycles. The largest absolute Gasteiger partial charge is 0.344 e. The van der Waals surface area contributed by atoms with Gasteiger partial charge in [-0.25, -0.2) is 0 Å². The highest BCUT2D eigenvalue weighted by atomic mass is 32.1. The van der Waals surface area contributed by atoms with Gasteiger partial charge >= 0.3 is 0 Å². The van der Waals surface area contributed by atoms with Gasteiger partial charge in [0.2, 0.25) is 0 Å². The van der Waals surface area contributed by atoms with Crippen molar-refractivity contribution < 1.29 is 0 Å². The first-order chi connectivity index (χ1) is 13.6. The third kappa shape index (κ3) is 3.51. The number of benzene rings is 3. The highest BCUT2D eigenvalue weighted by Gasteiger charge is 2.24. The van der Waals surface area contributed by atoms with Crippen molar-refractivity contribution in [2.75, 3.05) is 11.9 Å². The molecule has 0 saturated carbocycles. The smallest absolute Gasteiger partial charge is 0.0803 e. The number of para-hydroxylation sites is 1. The fraction of sp³-hybridized carbons (Fsp3) is 0.308. The van der Waals surface area contributed by atoms with Crippen molar-refractivity contribution in [2.45, 2.75) is 45.8 Å². The van der Waals surface area contributed by atoms with Gasteiger partial charge in [-0.3, -0.25) is 0 Å². The number of anilines is 2. The molecule has 0 spiro atoms. The molecule has 0 saturated heterocycles. The summed E-state index contributed by atoms with van der Waals surface area (Å²) in [5.74, 6) is 0. The minimum atomic E-state index is -1.44. The van der Waals surface area contributed by atoms with Crippen LogP contribution in [-0.2, 0) is 5.41 Å². The van der Waals surface area contributed by atoms with E-state index in [1.807, 2.05) is 11.3 Å². The van der Waals surface area contributed by atoms with E-state index in [9.17, 15) is 0 Å². The molecule has 0 aliphatic rings. The van der Waals surface area contributed by atoms with Crippen LogP contribution >= 0.6 is 11.3 Å². The summed E-state index contributed by atoms with van der Waals surface area (Å²) in [4.78, 5) is 2.40. The van der Waals surface area contributed by atoms with Crippen LogP contribution < -0.4 is 10.1 Å². The molecular formula is C26H31NSSi. The predicted octanol–water partition coefficient (Wildman–Crippen LogP) is 7.67. The SMILES string of the molecule is CN(c1ccccc1[Si](C)(C)C)c1cccc2c1sc1c(C(C)(C)C)cccc12. The summed E-state index contributed by atoms with van der Waals surface area (Å²) < 4.78 is 2.81. The summed E-state index contributed by atoms with van der Waals surface area (Å²) in [6.45, 7) is 14.2. The van der Waals surface area contributed by atoms with Crippen LogP contribution in [0.3, 0.4) is 0 Å². The predicted molar refractivity (Wildman–Crippen MR) is 136 cm³/mol. The monoisotopic (exact) mass is 417 g/mol. The van der Waals surface area contributed by atoms with Gasteiger partial charge in [0.1, 0.15) is 0 Å². The molecule has 0 amide bonds. The Kier molecular flexibility index (Phi) is 4.87. The van der Waals surface area contributed by atoms with E-state index in [4.69, 9.17) is 0 Å². The Labute approximate surface area is 180 Å². The number of rotatable bonds is 3. The van der Waals surface area contributed by atoms with Gasteiger partial charge in [-0.15, -0.1) is 11.3 Å². The summed E-state index contributed by atoms with van der Waals surface area (Å²) in [5, 5.41) is 4.26. The van der Waals surface area contributed by atoms with Gasteiger partial charge in [-0.1, -0.05) is 88.9 Å². The third-order valence-corrected chi connectivity index (χ3v) is 9.06. The quantitative estimate of drug-likeness (QED) is 0.309. The number of fused-ring (bicyclic) bond motifs is 3. The van der Waals surface area contributed by atoms with Crippen LogP contribution in [0.2, 0.25) is 19.6 Å². The Bertz CT molecular complexity index is 1190. The molecule has 0 radical (unpaired) electrons. The number of nitrogens with zero attached hydrogens (tertiary/aromatic N) is 1. The van der Waals surface area contributed by atoms with Crippen molar-refractivity contribution in [1.29, 1.82) is 0 Å². The third-order valence-electron chi connectivity index (χ3n) is 5.75. The van der Waals surface area contributed by atoms with Crippen molar-refractivity contribution in [3.8, 4) is 0 Å². The Morgan fingerprint density at radius 1 is 0.724 bits per heavy atom. The normalized spacial score (nSPS) is 12.7. The molecule has 0 bridgehead atoms. The van der Waals surface area contributed by atoms with Crippen molar-refractivity contribution in [3.63, 3.8) is 0 Å². The van der Waals surface area contributed by atoms with Crippen molar-refractivity contribution in [2.24, 2.45) is 0 Å². The molecule has 1 heterocycles. The molecular weight excluding hydrogens is 386 g/mol. The summed E-state index contributed by atoms with van der Waals surface area (Å²) in [7, 11) is 0.780. The topological polar surface area (TPSA) is 3.24 Å². The molecule has 0 aliphatic heterocycles. The fourth-order valence-electron chi connectivity index (χ4n) is 4.19. The lowest BCUT2D eigenvalue weighted by molar-refractivity contribution is 0.597. The molecule has 1 nitrogen and oxygen atoms in total. The Hall–Kier alpha value is -2.10. The average Bonchev–Trinajstić information content (AvgIpc) is 3.04. The van der Waals surface area contributed by atoms with Gasteiger partial charge in [0, 0.05) is 28.2 Å². The van der Waals surface area contributed by atoms with Gasteiger partial charge in [0.05, 0.1) is 18.5 Å². The second-order valence-corrected chi connectivity index (χ2v) is 16.1. The minimum absolute atomic E-state index is 0.136. The van der Waals surface area contributed by atoms with Gasteiger partial charge < -0.3 is 4.90 Å². The maximum Gasteiger partial charge on any atom is 0.0803 e. The second kappa shape index (κ2) is 7.00. The van der Waals surface area contributed by atoms with Crippen LogP contribution in [0, 0.1) is 0 Å². The standard InChI is InChI=1S/C26H31NSSi/c1-26(2,3)20-14-10-12-18-19-13-11-16-22(25(19)28-24(18)20)27(4)21-15-8-9-17-23(21)29(5,6)7/h8-17H,1-7H3. The molecule has 0 fully saturated rings. The molecule has 4 aromatic rings. The molecule has 150 valence electrons. The molecule has 4 rings (SSSR count). The van der Waals surface area contributed by atoms with Crippen molar-refractivity contribution >= 4 is 56.1 Å². The summed E-state index contributed by atoms with van der Waals surface area (Å²) in [6, 6.07) is 22.5. The summed E-state index contributed by atoms with van der Waals surface area (Å²) in [5.41, 5.74) is 4.21. The van der Waals surface area contributed by atoms with Gasteiger partial charge in [-0.2, -0.15) is 0 Å². The minimum Gasteiger partial charge on any atom is -0.344 e. The van der Waals surface area contributed by atoms with E-state index in [0.29, 0.717) is 0 Å². The van der Waals surface area contributed by atoms with Crippen LogP contribution in [0.4, 0.5) is 11.4 Å². The molecule has 29 heavy (non-hydrogen) atoms. The highest BCUT2D eigenvalue weighted by molar-refractivity contribution is 7.26. The first kappa shape index (κ1) is 20.2. The summed E-state index contributed by atoms with van der Waals surface area (Å²) in [6.07, 6.45) is 0. The fourth-order valence-corrected chi connectivity index (χ4v) is 7.38. The lowest BCUT2D eigenvalue weighted by Gasteiger charge is -2.28. The first-order valence-electron chi connectivity index (χ1n) is 10.4. The van der Waals surface area contributed by atoms with Crippen LogP contribution in [-0.4, -0.2) is 15.1 Å². The Morgan fingerprint density at radius 2 is 1.31 bits per heavy atom. The maximum absolute atomic E-state index is 2.43. The van der Waals surface area contributed by atoms with E-state index in [2.05, 4.69) is 113 Å². The summed E-state index contributed by atoms with van der Waals surface area (Å²) >= 11 is 1.95. The van der Waals surface area contributed by atoms with Crippen LogP contribution in [0.1, 0.15) is 26.3 Å². The zero-order valence-electron chi connectivity index (χ0n) is 18.6. The van der Waals surface area contributed by atoms with E-state index >= 15 is 0 Å². The van der Waals surface area contributed by atoms with Crippen molar-refractivity contribution in [3.05, 3.63) is 66.2 Å². The van der Waals surface area contributed by atoms with E-state index in [0.717, 1.165) is 0 Å². The molecule has 0 N–H and O–H groups in total. The van der Waals surface area contributed by atoms with E-state index < -0.39 is 8.07 Å². The van der Waals surface area contributed by atoms with Gasteiger partial charge in [0.25, 0.3) is 0 Å². The molecule has 0 atom stereocenters. The average molecular weight is 418 g/mol. The van der Waals surface area contributed by atoms with E-state index in [-0.39, 0.29) is 5.41 Å². The first-order valence-corrected chi connectivity index (χ1v) is 14.7. The van der Waals surface area contributed by atoms with E-state index in [1.165, 1.54) is 42.3 Å². The van der Waals surface area contributed by atoms with E-state index in [1.54, 1.807) is 0 Å². The Balaban J connectivity index is 1.97. The highest BCUT2D eigenvalue weighted by Crippen LogP contribution is 2.44. The molecule has 0 aliphatic carbocycles. The van der Waals surface area contributed by atoms with Crippen LogP contribution in [0.15, 0.2) is 60.7 Å². The maximum atomic E-state index is 2.43. The molecule has 3 heteroatoms. The zero-order valence-corrected chi connectivity index (χ0v) is 20.4. The number of hydrogen-bond acceptors (Lipinski definition) is 2. The van der Waals surface area contributed by atoms with Gasteiger partial charge in [-0.05, 0) is 28.3 Å². The number of hydrogen-bond donors (Lipinski definition) is 0. The molecule has 3 aromatic carbocycles. The van der Waals surface area contributed by atoms with Crippen molar-refractivity contribution in [1.82, 2.24) is 0 Å². The Morgan fingerprint density at radius 3 is 1.97 bits per heavy atom. The van der Waals surface area contributed by atoms with Crippen LogP contribution in [0.5, 0.6) is 0 Å². The second-order valence-electron chi connectivity index (χ2n) is 10.0. The molecule has 0 unspecified atom stereocenters. The van der Waals surface area contributed by atoms with Crippen LogP contribution in [0.25, 0.3) is 20.2 Å². The number of thiophene rings is 1. The zero-order chi connectivity index (χ0) is 21.0.